The van der Waals surface area contributed by atoms with Gasteiger partial charge in [-0.05, 0) is 65.7 Å². The normalized spacial score (nSPS) is 20.8. The van der Waals surface area contributed by atoms with Gasteiger partial charge in [-0.3, -0.25) is 9.59 Å². The van der Waals surface area contributed by atoms with Crippen LogP contribution in [-0.4, -0.2) is 61.4 Å². The van der Waals surface area contributed by atoms with E-state index in [2.05, 4.69) is 40.0 Å². The number of halogens is 1. The average Bonchev–Trinajstić information content (AvgIpc) is 2.99. The Morgan fingerprint density at radius 1 is 1.27 bits per heavy atom. The Bertz CT molecular complexity index is 597. The molecule has 2 atom stereocenters. The molecule has 1 fully saturated rings. The monoisotopic (exact) mass is 443 g/mol. The van der Waals surface area contributed by atoms with Crippen molar-refractivity contribution in [1.29, 1.82) is 0 Å². The van der Waals surface area contributed by atoms with Gasteiger partial charge < -0.3 is 15.1 Å². The summed E-state index contributed by atoms with van der Waals surface area (Å²) < 4.78 is 0.913. The van der Waals surface area contributed by atoms with Crippen LogP contribution in [0.1, 0.15) is 42.8 Å². The molecule has 2 amide bonds. The number of likely N-dealkylation sites (N-methyl/N-ethyl adjacent to an activating group) is 1. The molecule has 1 aromatic heterocycles. The summed E-state index contributed by atoms with van der Waals surface area (Å²) in [5, 5.41) is 2.92. The zero-order chi connectivity index (χ0) is 19.1. The number of hydrogen-bond acceptors (Lipinski definition) is 4. The van der Waals surface area contributed by atoms with Crippen molar-refractivity contribution in [2.75, 3.05) is 39.8 Å². The number of rotatable bonds is 8. The van der Waals surface area contributed by atoms with Crippen molar-refractivity contribution in [2.24, 2.45) is 11.8 Å². The number of piperidine rings is 1. The van der Waals surface area contributed by atoms with Crippen molar-refractivity contribution in [3.8, 4) is 0 Å². The van der Waals surface area contributed by atoms with Crippen molar-refractivity contribution in [1.82, 2.24) is 15.1 Å². The van der Waals surface area contributed by atoms with E-state index in [1.165, 1.54) is 35.7 Å². The minimum atomic E-state index is -0.121. The molecule has 0 aromatic carbocycles. The lowest BCUT2D eigenvalue weighted by atomic mass is 9.92. The molecule has 26 heavy (non-hydrogen) atoms. The summed E-state index contributed by atoms with van der Waals surface area (Å²) in [5.41, 5.74) is 0. The van der Waals surface area contributed by atoms with E-state index in [4.69, 9.17) is 0 Å². The Labute approximate surface area is 169 Å². The molecule has 5 nitrogen and oxygen atoms in total. The quantitative estimate of drug-likeness (QED) is 0.625. The number of thiophene rings is 1. The van der Waals surface area contributed by atoms with Gasteiger partial charge in [0.1, 0.15) is 0 Å². The fourth-order valence-corrected chi connectivity index (χ4v) is 5.00. The highest BCUT2D eigenvalue weighted by Crippen LogP contribution is 2.23. The van der Waals surface area contributed by atoms with E-state index in [-0.39, 0.29) is 18.4 Å². The lowest BCUT2D eigenvalue weighted by Crippen LogP contribution is -2.40. The summed E-state index contributed by atoms with van der Waals surface area (Å²) in [6, 6.07) is 3.61. The van der Waals surface area contributed by atoms with E-state index in [0.717, 1.165) is 35.0 Å². The number of nitrogens with one attached hydrogen (secondary N) is 1. The van der Waals surface area contributed by atoms with E-state index in [9.17, 15) is 9.59 Å². The zero-order valence-corrected chi connectivity index (χ0v) is 18.4. The van der Waals surface area contributed by atoms with Crippen molar-refractivity contribution in [2.45, 2.75) is 33.1 Å². The number of amides is 2. The summed E-state index contributed by atoms with van der Waals surface area (Å²) in [5.74, 6) is 1.35. The predicted molar refractivity (Wildman–Crippen MR) is 111 cm³/mol. The second-order valence-electron chi connectivity index (χ2n) is 7.53. The molecule has 0 radical (unpaired) electrons. The lowest BCUT2D eigenvalue weighted by molar-refractivity contribution is -0.121. The molecule has 1 aliphatic heterocycles. The van der Waals surface area contributed by atoms with E-state index in [1.807, 2.05) is 6.07 Å². The van der Waals surface area contributed by atoms with E-state index >= 15 is 0 Å². The maximum absolute atomic E-state index is 12.2. The second-order valence-corrected chi connectivity index (χ2v) is 9.99. The smallest absolute Gasteiger partial charge is 0.264 e. The third-order valence-corrected chi connectivity index (χ3v) is 6.29. The minimum absolute atomic E-state index is 0.0928. The van der Waals surface area contributed by atoms with Crippen LogP contribution in [0, 0.1) is 11.8 Å². The first-order chi connectivity index (χ1) is 12.3. The van der Waals surface area contributed by atoms with Crippen LogP contribution in [-0.2, 0) is 4.79 Å². The molecule has 146 valence electrons. The van der Waals surface area contributed by atoms with Crippen molar-refractivity contribution in [3.05, 3.63) is 20.8 Å². The van der Waals surface area contributed by atoms with Crippen LogP contribution in [0.25, 0.3) is 0 Å². The highest BCUT2D eigenvalue weighted by molar-refractivity contribution is 9.11. The van der Waals surface area contributed by atoms with Crippen LogP contribution in [0.5, 0.6) is 0 Å². The van der Waals surface area contributed by atoms with Crippen LogP contribution in [0.2, 0.25) is 0 Å². The minimum Gasteiger partial charge on any atom is -0.355 e. The molecule has 2 heterocycles. The molecule has 0 spiro atoms. The predicted octanol–water partition coefficient (Wildman–Crippen LogP) is 3.46. The second kappa shape index (κ2) is 10.4. The molecule has 2 rings (SSSR count). The van der Waals surface area contributed by atoms with Crippen LogP contribution in [0.3, 0.4) is 0 Å². The highest BCUT2D eigenvalue weighted by Gasteiger charge is 2.21. The first-order valence-electron chi connectivity index (χ1n) is 9.35. The molecule has 1 aliphatic rings. The maximum atomic E-state index is 12.2. The molecular formula is C19H30BrN3O2S. The van der Waals surface area contributed by atoms with Crippen LogP contribution >= 0.6 is 27.3 Å². The lowest BCUT2D eigenvalue weighted by Gasteiger charge is -2.34. The molecule has 1 aromatic rings. The Morgan fingerprint density at radius 3 is 2.58 bits per heavy atom. The molecule has 1 saturated heterocycles. The average molecular weight is 444 g/mol. The molecule has 0 saturated carbocycles. The van der Waals surface area contributed by atoms with Gasteiger partial charge >= 0.3 is 0 Å². The number of carbonyl (C=O) groups excluding carboxylic acids is 2. The summed E-state index contributed by atoms with van der Waals surface area (Å²) in [4.78, 5) is 28.9. The number of likely N-dealkylation sites (tertiary alicyclic amines) is 1. The van der Waals surface area contributed by atoms with Gasteiger partial charge in [-0.25, -0.2) is 0 Å². The topological polar surface area (TPSA) is 52.7 Å². The van der Waals surface area contributed by atoms with Gasteiger partial charge in [-0.1, -0.05) is 13.8 Å². The van der Waals surface area contributed by atoms with Gasteiger partial charge in [-0.2, -0.15) is 0 Å². The fraction of sp³-hybridized carbons (Fsp3) is 0.684. The molecule has 0 bridgehead atoms. The van der Waals surface area contributed by atoms with E-state index < -0.39 is 0 Å². The third-order valence-electron chi connectivity index (χ3n) is 4.68. The standard InChI is InChI=1S/C19H30BrN3O2S/c1-14-10-15(2)12-23(11-14)9-5-4-8-21-18(24)13-22(3)19(25)16-6-7-17(20)26-16/h6-7,14-15H,4-5,8-13H2,1-3H3,(H,21,24). The summed E-state index contributed by atoms with van der Waals surface area (Å²) in [7, 11) is 1.66. The van der Waals surface area contributed by atoms with Crippen molar-refractivity contribution >= 4 is 39.1 Å². The van der Waals surface area contributed by atoms with Crippen LogP contribution in [0.4, 0.5) is 0 Å². The van der Waals surface area contributed by atoms with Gasteiger partial charge in [0.25, 0.3) is 5.91 Å². The highest BCUT2D eigenvalue weighted by atomic mass is 79.9. The van der Waals surface area contributed by atoms with Gasteiger partial charge in [0, 0.05) is 26.7 Å². The number of nitrogens with zero attached hydrogens (tertiary/aromatic N) is 2. The Morgan fingerprint density at radius 2 is 1.96 bits per heavy atom. The number of hydrogen-bond donors (Lipinski definition) is 1. The molecule has 2 unspecified atom stereocenters. The Hall–Kier alpha value is -0.920. The zero-order valence-electron chi connectivity index (χ0n) is 16.0. The van der Waals surface area contributed by atoms with Gasteiger partial charge in [0.15, 0.2) is 0 Å². The van der Waals surface area contributed by atoms with Crippen LogP contribution in [0.15, 0.2) is 15.9 Å². The van der Waals surface area contributed by atoms with Gasteiger partial charge in [0.05, 0.1) is 15.2 Å². The first kappa shape index (κ1) is 21.4. The SMILES string of the molecule is CC1CC(C)CN(CCCCNC(=O)CN(C)C(=O)c2ccc(Br)s2)C1. The summed E-state index contributed by atoms with van der Waals surface area (Å²) >= 11 is 4.73. The largest absolute Gasteiger partial charge is 0.355 e. The van der Waals surface area contributed by atoms with Crippen molar-refractivity contribution < 1.29 is 9.59 Å². The first-order valence-corrected chi connectivity index (χ1v) is 11.0. The molecule has 0 aliphatic carbocycles. The van der Waals surface area contributed by atoms with Gasteiger partial charge in [-0.15, -0.1) is 11.3 Å². The summed E-state index contributed by atoms with van der Waals surface area (Å²) in [6.07, 6.45) is 3.40. The molecule has 1 N–H and O–H groups in total. The maximum Gasteiger partial charge on any atom is 0.264 e. The summed E-state index contributed by atoms with van der Waals surface area (Å²) in [6.45, 7) is 8.92. The van der Waals surface area contributed by atoms with Gasteiger partial charge in [0.2, 0.25) is 5.91 Å². The number of unbranched alkanes of at least 4 members (excludes halogenated alkanes) is 1. The van der Waals surface area contributed by atoms with Crippen LogP contribution < -0.4 is 5.32 Å². The third kappa shape index (κ3) is 7.00. The van der Waals surface area contributed by atoms with E-state index in [1.54, 1.807) is 13.1 Å². The molecular weight excluding hydrogens is 414 g/mol. The molecule has 7 heteroatoms. The van der Waals surface area contributed by atoms with E-state index in [0.29, 0.717) is 11.4 Å². The fourth-order valence-electron chi connectivity index (χ4n) is 3.62. The van der Waals surface area contributed by atoms with Crippen molar-refractivity contribution in [3.63, 3.8) is 0 Å². The Kier molecular flexibility index (Phi) is 8.57. The number of carbonyl (C=O) groups is 2. The Balaban J connectivity index is 1.59.